The van der Waals surface area contributed by atoms with E-state index in [1.165, 1.54) is 12.8 Å². The van der Waals surface area contributed by atoms with Crippen LogP contribution in [0.25, 0.3) is 0 Å². The fourth-order valence-corrected chi connectivity index (χ4v) is 2.53. The molecule has 2 aliphatic rings. The summed E-state index contributed by atoms with van der Waals surface area (Å²) in [4.78, 5) is 34.3. The van der Waals surface area contributed by atoms with E-state index in [0.29, 0.717) is 0 Å². The molecule has 0 spiro atoms. The zero-order chi connectivity index (χ0) is 15.1. The van der Waals surface area contributed by atoms with Crippen molar-refractivity contribution in [2.75, 3.05) is 6.61 Å². The number of nitrogens with zero attached hydrogens (tertiary/aromatic N) is 1. The Kier molecular flexibility index (Phi) is 5.71. The summed E-state index contributed by atoms with van der Waals surface area (Å²) < 4.78 is 4.92. The fraction of sp³-hybridized carbons (Fsp3) is 0.714. The molecule has 1 fully saturated rings. The average molecular weight is 295 g/mol. The molecule has 0 radical (unpaired) electrons. The van der Waals surface area contributed by atoms with Crippen LogP contribution in [0.3, 0.4) is 0 Å². The van der Waals surface area contributed by atoms with E-state index >= 15 is 0 Å². The van der Waals surface area contributed by atoms with Gasteiger partial charge in [-0.15, -0.1) is 0 Å². The molecule has 0 aromatic rings. The van der Waals surface area contributed by atoms with Gasteiger partial charge in [-0.2, -0.15) is 5.10 Å². The van der Waals surface area contributed by atoms with Crippen molar-refractivity contribution in [3.63, 3.8) is 0 Å². The minimum Gasteiger partial charge on any atom is -0.451 e. The molecule has 0 aromatic heterocycles. The first kappa shape index (κ1) is 15.5. The summed E-state index contributed by atoms with van der Waals surface area (Å²) in [7, 11) is 0. The molecule has 2 amide bonds. The van der Waals surface area contributed by atoms with Gasteiger partial charge in [0.1, 0.15) is 5.71 Å². The summed E-state index contributed by atoms with van der Waals surface area (Å²) in [6.45, 7) is -0.303. The first-order valence-corrected chi connectivity index (χ1v) is 7.47. The normalized spacial score (nSPS) is 20.0. The molecule has 1 saturated carbocycles. The molecule has 1 aliphatic heterocycles. The molecule has 0 saturated heterocycles. The van der Waals surface area contributed by atoms with Gasteiger partial charge in [0.05, 0.1) is 0 Å². The molecule has 1 heterocycles. The highest BCUT2D eigenvalue weighted by Gasteiger charge is 2.21. The molecule has 2 N–H and O–H groups in total. The molecular weight excluding hydrogens is 274 g/mol. The van der Waals surface area contributed by atoms with Gasteiger partial charge in [0.25, 0.3) is 5.91 Å². The Labute approximate surface area is 123 Å². The van der Waals surface area contributed by atoms with Crippen molar-refractivity contribution in [2.24, 2.45) is 5.10 Å². The van der Waals surface area contributed by atoms with Gasteiger partial charge in [0, 0.05) is 18.9 Å². The van der Waals surface area contributed by atoms with Gasteiger partial charge in [-0.1, -0.05) is 25.7 Å². The third kappa shape index (κ3) is 5.17. The number of hydrazone groups is 1. The smallest absolute Gasteiger partial charge is 0.355 e. The highest BCUT2D eigenvalue weighted by Crippen LogP contribution is 2.17. The first-order chi connectivity index (χ1) is 10.1. The molecule has 0 aromatic carbocycles. The van der Waals surface area contributed by atoms with Crippen LogP contribution in [-0.4, -0.2) is 36.1 Å². The van der Waals surface area contributed by atoms with Crippen molar-refractivity contribution < 1.29 is 19.1 Å². The first-order valence-electron chi connectivity index (χ1n) is 7.47. The Hall–Kier alpha value is -1.92. The maximum absolute atomic E-state index is 11.8. The largest absolute Gasteiger partial charge is 0.451 e. The number of nitrogens with one attached hydrogen (secondary N) is 2. The van der Waals surface area contributed by atoms with Crippen molar-refractivity contribution in [1.29, 1.82) is 0 Å². The molecule has 0 atom stereocenters. The number of hydrogen-bond acceptors (Lipinski definition) is 5. The maximum atomic E-state index is 11.8. The Morgan fingerprint density at radius 1 is 1.19 bits per heavy atom. The Balaban J connectivity index is 1.70. The second-order valence-corrected chi connectivity index (χ2v) is 5.43. The number of ether oxygens (including phenoxy) is 1. The van der Waals surface area contributed by atoms with Crippen molar-refractivity contribution in [2.45, 2.75) is 57.4 Å². The van der Waals surface area contributed by atoms with E-state index in [9.17, 15) is 14.4 Å². The topological polar surface area (TPSA) is 96.9 Å². The van der Waals surface area contributed by atoms with E-state index in [0.717, 1.165) is 25.7 Å². The zero-order valence-electron chi connectivity index (χ0n) is 12.0. The van der Waals surface area contributed by atoms with Crippen LogP contribution in [0.4, 0.5) is 0 Å². The molecule has 1 aliphatic carbocycles. The number of carbonyl (C=O) groups excluding carboxylic acids is 3. The number of hydrogen-bond donors (Lipinski definition) is 2. The van der Waals surface area contributed by atoms with Crippen LogP contribution in [-0.2, 0) is 19.1 Å². The predicted molar refractivity (Wildman–Crippen MR) is 75.4 cm³/mol. The average Bonchev–Trinajstić information content (AvgIpc) is 2.74. The summed E-state index contributed by atoms with van der Waals surface area (Å²) in [6, 6.07) is 0.185. The molecule has 7 heteroatoms. The predicted octanol–water partition coefficient (Wildman–Crippen LogP) is 0.635. The van der Waals surface area contributed by atoms with Gasteiger partial charge in [-0.05, 0) is 12.8 Å². The van der Waals surface area contributed by atoms with Crippen molar-refractivity contribution in [1.82, 2.24) is 10.7 Å². The Morgan fingerprint density at radius 2 is 1.90 bits per heavy atom. The molecule has 21 heavy (non-hydrogen) atoms. The van der Waals surface area contributed by atoms with Gasteiger partial charge < -0.3 is 10.1 Å². The number of esters is 1. The lowest BCUT2D eigenvalue weighted by molar-refractivity contribution is -0.142. The van der Waals surface area contributed by atoms with E-state index in [1.54, 1.807) is 0 Å². The molecule has 0 unspecified atom stereocenters. The third-order valence-corrected chi connectivity index (χ3v) is 3.69. The minimum atomic E-state index is -0.647. The Morgan fingerprint density at radius 3 is 2.52 bits per heavy atom. The highest BCUT2D eigenvalue weighted by atomic mass is 16.5. The summed E-state index contributed by atoms with van der Waals surface area (Å²) in [5.74, 6) is -1.15. The van der Waals surface area contributed by atoms with Crippen LogP contribution in [0, 0.1) is 0 Å². The minimum absolute atomic E-state index is 0.150. The molecule has 2 rings (SSSR count). The molecule has 7 nitrogen and oxygen atoms in total. The highest BCUT2D eigenvalue weighted by molar-refractivity contribution is 6.37. The lowest BCUT2D eigenvalue weighted by Crippen LogP contribution is -2.38. The van der Waals surface area contributed by atoms with Crippen LogP contribution in [0.15, 0.2) is 5.10 Å². The summed E-state index contributed by atoms with van der Waals surface area (Å²) in [5.41, 5.74) is 2.37. The number of carbonyl (C=O) groups is 3. The summed E-state index contributed by atoms with van der Waals surface area (Å²) in [6.07, 6.45) is 7.11. The van der Waals surface area contributed by atoms with Crippen LogP contribution in [0.1, 0.15) is 51.4 Å². The van der Waals surface area contributed by atoms with E-state index in [4.69, 9.17) is 4.74 Å². The zero-order valence-corrected chi connectivity index (χ0v) is 12.0. The van der Waals surface area contributed by atoms with Gasteiger partial charge >= 0.3 is 5.97 Å². The molecule has 116 valence electrons. The fourth-order valence-electron chi connectivity index (χ4n) is 2.53. The van der Waals surface area contributed by atoms with Crippen molar-refractivity contribution in [3.8, 4) is 0 Å². The SMILES string of the molecule is O=C1CCC(C(=O)OCC(=O)NC2CCCCCC2)=NN1. The summed E-state index contributed by atoms with van der Waals surface area (Å²) in [5, 5.41) is 6.53. The van der Waals surface area contributed by atoms with Gasteiger partial charge in [-0.3, -0.25) is 9.59 Å². The number of rotatable bonds is 4. The van der Waals surface area contributed by atoms with E-state index in [2.05, 4.69) is 15.8 Å². The van der Waals surface area contributed by atoms with Crippen molar-refractivity contribution >= 4 is 23.5 Å². The van der Waals surface area contributed by atoms with Gasteiger partial charge in [0.2, 0.25) is 5.91 Å². The molecular formula is C14H21N3O4. The van der Waals surface area contributed by atoms with Gasteiger partial charge in [0.15, 0.2) is 6.61 Å². The van der Waals surface area contributed by atoms with Crippen LogP contribution < -0.4 is 10.7 Å². The maximum Gasteiger partial charge on any atom is 0.355 e. The van der Waals surface area contributed by atoms with Crippen molar-refractivity contribution in [3.05, 3.63) is 0 Å². The Bertz CT molecular complexity index is 440. The second kappa shape index (κ2) is 7.75. The molecule has 0 bridgehead atoms. The quantitative estimate of drug-likeness (QED) is 0.587. The number of amides is 2. The second-order valence-electron chi connectivity index (χ2n) is 5.43. The van der Waals surface area contributed by atoms with Crippen LogP contribution >= 0.6 is 0 Å². The lowest BCUT2D eigenvalue weighted by Gasteiger charge is -2.16. The third-order valence-electron chi connectivity index (χ3n) is 3.69. The lowest BCUT2D eigenvalue weighted by atomic mass is 10.1. The van der Waals surface area contributed by atoms with E-state index in [1.807, 2.05) is 0 Å². The van der Waals surface area contributed by atoms with E-state index in [-0.39, 0.29) is 43.0 Å². The van der Waals surface area contributed by atoms with Crippen LogP contribution in [0.5, 0.6) is 0 Å². The summed E-state index contributed by atoms with van der Waals surface area (Å²) >= 11 is 0. The monoisotopic (exact) mass is 295 g/mol. The van der Waals surface area contributed by atoms with E-state index < -0.39 is 5.97 Å². The van der Waals surface area contributed by atoms with Gasteiger partial charge in [-0.25, -0.2) is 10.2 Å². The van der Waals surface area contributed by atoms with Crippen LogP contribution in [0.2, 0.25) is 0 Å². The standard InChI is InChI=1S/C14H21N3O4/c18-12-8-7-11(16-17-12)14(20)21-9-13(19)15-10-5-3-1-2-4-6-10/h10H,1-9H2,(H,15,19)(H,17,18).